The van der Waals surface area contributed by atoms with Crippen LogP contribution < -0.4 is 5.32 Å². The van der Waals surface area contributed by atoms with E-state index in [1.165, 1.54) is 6.42 Å². The second-order valence-corrected chi connectivity index (χ2v) is 5.23. The van der Waals surface area contributed by atoms with Crippen molar-refractivity contribution in [3.63, 3.8) is 0 Å². The summed E-state index contributed by atoms with van der Waals surface area (Å²) in [6.45, 7) is 3.71. The van der Waals surface area contributed by atoms with Crippen molar-refractivity contribution in [1.82, 2.24) is 10.2 Å². The van der Waals surface area contributed by atoms with Crippen molar-refractivity contribution in [3.05, 3.63) is 0 Å². The molecular weight excluding hydrogens is 195 g/mol. The molecule has 0 radical (unpaired) electrons. The van der Waals surface area contributed by atoms with E-state index in [1.807, 2.05) is 4.90 Å². The molecule has 2 aliphatic heterocycles. The van der Waals surface area contributed by atoms with Gasteiger partial charge in [0.1, 0.15) is 6.17 Å². The van der Waals surface area contributed by atoms with Gasteiger partial charge in [0, 0.05) is 13.1 Å². The summed E-state index contributed by atoms with van der Waals surface area (Å²) in [5, 5.41) is 3.39. The van der Waals surface area contributed by atoms with Crippen molar-refractivity contribution in [1.29, 1.82) is 0 Å². The molecule has 1 amide bonds. The van der Waals surface area contributed by atoms with Gasteiger partial charge in [0.2, 0.25) is 5.91 Å². The highest BCUT2D eigenvalue weighted by Gasteiger charge is 2.47. The molecule has 4 heteroatoms. The number of alkyl halides is 1. The van der Waals surface area contributed by atoms with Crippen LogP contribution in [0.25, 0.3) is 0 Å². The van der Waals surface area contributed by atoms with Gasteiger partial charge in [-0.05, 0) is 37.8 Å². The number of amides is 1. The lowest BCUT2D eigenvalue weighted by atomic mass is 9.85. The van der Waals surface area contributed by atoms with E-state index in [2.05, 4.69) is 5.32 Å². The highest BCUT2D eigenvalue weighted by molar-refractivity contribution is 5.82. The van der Waals surface area contributed by atoms with E-state index >= 15 is 0 Å². The van der Waals surface area contributed by atoms with E-state index in [4.69, 9.17) is 0 Å². The second kappa shape index (κ2) is 3.44. The van der Waals surface area contributed by atoms with Gasteiger partial charge in [0.25, 0.3) is 0 Å². The zero-order valence-corrected chi connectivity index (χ0v) is 8.79. The number of likely N-dealkylation sites (tertiary alicyclic amines) is 1. The van der Waals surface area contributed by atoms with Crippen LogP contribution in [0.15, 0.2) is 0 Å². The summed E-state index contributed by atoms with van der Waals surface area (Å²) < 4.78 is 12.8. The van der Waals surface area contributed by atoms with Crippen LogP contribution in [0, 0.1) is 17.8 Å². The number of nitrogens with one attached hydrogen (secondary N) is 1. The van der Waals surface area contributed by atoms with Gasteiger partial charge in [-0.25, -0.2) is 4.39 Å². The fraction of sp³-hybridized carbons (Fsp3) is 0.909. The maximum absolute atomic E-state index is 12.8. The van der Waals surface area contributed by atoms with E-state index < -0.39 is 6.17 Å². The lowest BCUT2D eigenvalue weighted by molar-refractivity contribution is -0.136. The lowest BCUT2D eigenvalue weighted by Crippen LogP contribution is -2.53. The average molecular weight is 212 g/mol. The van der Waals surface area contributed by atoms with Gasteiger partial charge < -0.3 is 10.2 Å². The number of piperidine rings is 2. The van der Waals surface area contributed by atoms with Gasteiger partial charge in [0.15, 0.2) is 0 Å². The van der Waals surface area contributed by atoms with Crippen molar-refractivity contribution >= 4 is 5.91 Å². The predicted molar refractivity (Wildman–Crippen MR) is 54.0 cm³/mol. The zero-order chi connectivity index (χ0) is 10.4. The first kappa shape index (κ1) is 9.58. The molecule has 1 N–H and O–H groups in total. The van der Waals surface area contributed by atoms with E-state index in [0.29, 0.717) is 18.3 Å². The largest absolute Gasteiger partial charge is 0.342 e. The predicted octanol–water partition coefficient (Wildman–Crippen LogP) is 0.412. The third-order valence-corrected chi connectivity index (χ3v) is 3.83. The molecule has 3 fully saturated rings. The van der Waals surface area contributed by atoms with Gasteiger partial charge in [-0.3, -0.25) is 4.79 Å². The Labute approximate surface area is 89.0 Å². The molecule has 0 aromatic rings. The molecule has 3 nitrogen and oxygen atoms in total. The fourth-order valence-corrected chi connectivity index (χ4v) is 2.94. The first-order valence-corrected chi connectivity index (χ1v) is 5.87. The number of nitrogens with zero attached hydrogens (tertiary/aromatic N) is 1. The number of rotatable bonds is 1. The van der Waals surface area contributed by atoms with Crippen molar-refractivity contribution in [2.75, 3.05) is 26.2 Å². The van der Waals surface area contributed by atoms with Crippen LogP contribution in [0.5, 0.6) is 0 Å². The molecule has 84 valence electrons. The van der Waals surface area contributed by atoms with Crippen LogP contribution in [0.2, 0.25) is 0 Å². The summed E-state index contributed by atoms with van der Waals surface area (Å²) >= 11 is 0. The molecule has 15 heavy (non-hydrogen) atoms. The normalized spacial score (nSPS) is 43.9. The first-order valence-electron chi connectivity index (χ1n) is 5.87. The van der Waals surface area contributed by atoms with Gasteiger partial charge >= 0.3 is 0 Å². The second-order valence-electron chi connectivity index (χ2n) is 5.23. The molecule has 2 heterocycles. The number of hydrogen-bond acceptors (Lipinski definition) is 2. The topological polar surface area (TPSA) is 32.3 Å². The Balaban J connectivity index is 1.64. The van der Waals surface area contributed by atoms with Crippen LogP contribution in [-0.2, 0) is 4.79 Å². The number of halogens is 1. The molecule has 3 aliphatic rings. The van der Waals surface area contributed by atoms with Crippen molar-refractivity contribution < 1.29 is 9.18 Å². The number of hydrogen-bond donors (Lipinski definition) is 1. The molecule has 1 saturated carbocycles. The fourth-order valence-electron chi connectivity index (χ4n) is 2.94. The molecule has 1 aliphatic carbocycles. The standard InChI is InChI=1S/C11H17FN2O/c12-10-2-9(10)11(15)14-5-7-1-8(6-14)4-13-3-7/h7-10,13H,1-6H2/t7-,8-,9-,10+/m1/s1. The Morgan fingerprint density at radius 2 is 1.80 bits per heavy atom. The van der Waals surface area contributed by atoms with Gasteiger partial charge in [-0.2, -0.15) is 0 Å². The molecule has 3 rings (SSSR count). The Morgan fingerprint density at radius 3 is 2.33 bits per heavy atom. The van der Waals surface area contributed by atoms with Crippen LogP contribution in [0.4, 0.5) is 4.39 Å². The summed E-state index contributed by atoms with van der Waals surface area (Å²) in [4.78, 5) is 13.8. The minimum atomic E-state index is -0.850. The summed E-state index contributed by atoms with van der Waals surface area (Å²) in [5.74, 6) is 0.965. The Morgan fingerprint density at radius 1 is 1.20 bits per heavy atom. The molecule has 2 bridgehead atoms. The number of carbonyl (C=O) groups is 1. The minimum Gasteiger partial charge on any atom is -0.342 e. The highest BCUT2D eigenvalue weighted by atomic mass is 19.1. The van der Waals surface area contributed by atoms with Gasteiger partial charge in [0.05, 0.1) is 5.92 Å². The maximum Gasteiger partial charge on any atom is 0.228 e. The Hall–Kier alpha value is -0.640. The van der Waals surface area contributed by atoms with E-state index in [-0.39, 0.29) is 11.8 Å². The van der Waals surface area contributed by atoms with E-state index in [9.17, 15) is 9.18 Å². The Bertz CT molecular complexity index is 272. The average Bonchev–Trinajstić information content (AvgIpc) is 2.94. The monoisotopic (exact) mass is 212 g/mol. The van der Waals surface area contributed by atoms with Gasteiger partial charge in [-0.1, -0.05) is 0 Å². The Kier molecular flexibility index (Phi) is 2.20. The van der Waals surface area contributed by atoms with Gasteiger partial charge in [-0.15, -0.1) is 0 Å². The molecule has 0 unspecified atom stereocenters. The van der Waals surface area contributed by atoms with E-state index in [1.54, 1.807) is 0 Å². The summed E-state index contributed by atoms with van der Waals surface area (Å²) in [7, 11) is 0. The summed E-state index contributed by atoms with van der Waals surface area (Å²) in [5.41, 5.74) is 0. The lowest BCUT2D eigenvalue weighted by Gasteiger charge is -2.41. The molecule has 4 atom stereocenters. The van der Waals surface area contributed by atoms with Crippen LogP contribution in [0.3, 0.4) is 0 Å². The quantitative estimate of drug-likeness (QED) is 0.683. The SMILES string of the molecule is O=C([C@@H]1C[C@@H]1F)N1C[C@H]2CNC[C@@H](C2)C1. The molecular formula is C11H17FN2O. The van der Waals surface area contributed by atoms with Crippen LogP contribution >= 0.6 is 0 Å². The molecule has 0 aromatic heterocycles. The number of carbonyl (C=O) groups excluding carboxylic acids is 1. The smallest absolute Gasteiger partial charge is 0.228 e. The molecule has 0 spiro atoms. The van der Waals surface area contributed by atoms with Crippen molar-refractivity contribution in [2.45, 2.75) is 19.0 Å². The summed E-state index contributed by atoms with van der Waals surface area (Å²) in [6.07, 6.45) is 0.848. The number of fused-ring (bicyclic) bond motifs is 2. The first-order chi connectivity index (χ1) is 7.24. The minimum absolute atomic E-state index is 0.0686. The van der Waals surface area contributed by atoms with Crippen LogP contribution in [0.1, 0.15) is 12.8 Å². The zero-order valence-electron chi connectivity index (χ0n) is 8.79. The molecule has 2 saturated heterocycles. The molecule has 0 aromatic carbocycles. The van der Waals surface area contributed by atoms with E-state index in [0.717, 1.165) is 26.2 Å². The van der Waals surface area contributed by atoms with Crippen LogP contribution in [-0.4, -0.2) is 43.2 Å². The third kappa shape index (κ3) is 1.75. The third-order valence-electron chi connectivity index (χ3n) is 3.83. The summed E-state index contributed by atoms with van der Waals surface area (Å²) in [6, 6.07) is 0. The maximum atomic E-state index is 12.8. The van der Waals surface area contributed by atoms with Crippen molar-refractivity contribution in [3.8, 4) is 0 Å². The van der Waals surface area contributed by atoms with Crippen molar-refractivity contribution in [2.24, 2.45) is 17.8 Å². The highest BCUT2D eigenvalue weighted by Crippen LogP contribution is 2.37.